The highest BCUT2D eigenvalue weighted by Crippen LogP contribution is 2.30. The average Bonchev–Trinajstić information content (AvgIpc) is 3.51. The largest absolute Gasteiger partial charge is 0.472 e. The molecule has 5 rings (SSSR count). The van der Waals surface area contributed by atoms with Crippen molar-refractivity contribution in [3.05, 3.63) is 54.9 Å². The molecule has 0 saturated carbocycles. The molecule has 0 aromatic carbocycles. The number of H-pyrrole nitrogens is 2. The van der Waals surface area contributed by atoms with Crippen molar-refractivity contribution in [2.75, 3.05) is 0 Å². The van der Waals surface area contributed by atoms with Gasteiger partial charge in [0.1, 0.15) is 11.9 Å². The first kappa shape index (κ1) is 17.7. The molecular weight excluding hydrogens is 380 g/mol. The van der Waals surface area contributed by atoms with Gasteiger partial charge in [0.2, 0.25) is 0 Å². The van der Waals surface area contributed by atoms with Gasteiger partial charge in [-0.15, -0.1) is 0 Å². The minimum absolute atomic E-state index is 0.583. The molecule has 0 aliphatic rings. The maximum absolute atomic E-state index is 5.22. The maximum atomic E-state index is 5.22. The van der Waals surface area contributed by atoms with Crippen molar-refractivity contribution in [3.63, 3.8) is 0 Å². The van der Waals surface area contributed by atoms with E-state index in [2.05, 4.69) is 41.9 Å². The van der Waals surface area contributed by atoms with Gasteiger partial charge in [-0.3, -0.25) is 10.1 Å². The fourth-order valence-corrected chi connectivity index (χ4v) is 3.22. The van der Waals surface area contributed by atoms with E-state index in [1.807, 2.05) is 31.2 Å². The van der Waals surface area contributed by atoms with Gasteiger partial charge >= 0.3 is 0 Å². The van der Waals surface area contributed by atoms with Crippen LogP contribution in [0.2, 0.25) is 0 Å². The number of nitrogens with zero attached hydrogens (tertiary/aromatic N) is 6. The molecule has 5 heterocycles. The fraction of sp³-hybridized carbons (Fsp3) is 0.0476. The zero-order valence-corrected chi connectivity index (χ0v) is 16.0. The zero-order chi connectivity index (χ0) is 20.5. The number of hydrogen-bond donors (Lipinski definition) is 2. The maximum Gasteiger partial charge on any atom is 0.178 e. The molecule has 0 atom stereocenters. The Morgan fingerprint density at radius 2 is 2.13 bits per heavy atom. The molecular formula is C21H16N8O. The fourth-order valence-electron chi connectivity index (χ4n) is 3.22. The number of fused-ring (bicyclic) bond motifs is 2. The number of rotatable bonds is 5. The van der Waals surface area contributed by atoms with E-state index >= 15 is 0 Å². The van der Waals surface area contributed by atoms with Crippen LogP contribution in [-0.4, -0.2) is 43.2 Å². The van der Waals surface area contributed by atoms with E-state index in [0.29, 0.717) is 22.7 Å². The van der Waals surface area contributed by atoms with Crippen LogP contribution in [0.5, 0.6) is 0 Å². The van der Waals surface area contributed by atoms with E-state index in [9.17, 15) is 0 Å². The number of aliphatic imine (C=N–C) groups is 2. The summed E-state index contributed by atoms with van der Waals surface area (Å²) in [5.41, 5.74) is 7.09. The Kier molecular flexibility index (Phi) is 4.25. The first-order chi connectivity index (χ1) is 14.7. The SMILES string of the molecule is C=NC=N/C=C(\C)c1ccc2[nH]nc(-c3nc4nccc(-c5ccoc5)c4[nH]3)c2n1. The Hall–Kier alpha value is -4.40. The predicted octanol–water partition coefficient (Wildman–Crippen LogP) is 4.25. The molecule has 0 amide bonds. The number of hydrogen-bond acceptors (Lipinski definition) is 6. The molecule has 2 N–H and O–H groups in total. The molecule has 5 aromatic heterocycles. The summed E-state index contributed by atoms with van der Waals surface area (Å²) in [6.45, 7) is 5.30. The average molecular weight is 396 g/mol. The normalized spacial score (nSPS) is 12.4. The van der Waals surface area contributed by atoms with Gasteiger partial charge in [-0.1, -0.05) is 0 Å². The Morgan fingerprint density at radius 3 is 2.97 bits per heavy atom. The number of furan rings is 1. The van der Waals surface area contributed by atoms with Crippen LogP contribution in [0.15, 0.2) is 63.6 Å². The van der Waals surface area contributed by atoms with Crippen LogP contribution in [0.25, 0.3) is 50.4 Å². The van der Waals surface area contributed by atoms with Crippen LogP contribution in [0.1, 0.15) is 12.6 Å². The first-order valence-corrected chi connectivity index (χ1v) is 9.12. The number of aromatic nitrogens is 6. The monoisotopic (exact) mass is 396 g/mol. The minimum atomic E-state index is 0.583. The van der Waals surface area contributed by atoms with Crippen molar-refractivity contribution in [2.45, 2.75) is 6.92 Å². The standard InChI is InChI=1S/C21H16N8O/c1-12(9-23-11-22-2)15-3-4-16-18(25-15)19(29-28-16)21-26-17-14(13-6-8-30-10-13)5-7-24-20(17)27-21/h3-11H,2H2,1H3,(H,28,29)(H,24,26,27)/b12-9+,23-11?. The highest BCUT2D eigenvalue weighted by molar-refractivity contribution is 5.94. The quantitative estimate of drug-likeness (QED) is 0.340. The summed E-state index contributed by atoms with van der Waals surface area (Å²) < 4.78 is 5.22. The third kappa shape index (κ3) is 2.98. The molecule has 0 radical (unpaired) electrons. The molecule has 0 unspecified atom stereocenters. The van der Waals surface area contributed by atoms with Crippen LogP contribution in [0.3, 0.4) is 0 Å². The van der Waals surface area contributed by atoms with Crippen molar-refractivity contribution >= 4 is 40.8 Å². The molecule has 0 bridgehead atoms. The van der Waals surface area contributed by atoms with E-state index < -0.39 is 0 Å². The number of pyridine rings is 2. The third-order valence-corrected chi connectivity index (χ3v) is 4.68. The topological polar surface area (TPSA) is 121 Å². The van der Waals surface area contributed by atoms with E-state index in [4.69, 9.17) is 9.40 Å². The van der Waals surface area contributed by atoms with Gasteiger partial charge in [0, 0.05) is 23.5 Å². The molecule has 146 valence electrons. The summed E-state index contributed by atoms with van der Waals surface area (Å²) in [6.07, 6.45) is 8.11. The van der Waals surface area contributed by atoms with Crippen LogP contribution in [-0.2, 0) is 0 Å². The Morgan fingerprint density at radius 1 is 1.20 bits per heavy atom. The molecule has 30 heavy (non-hydrogen) atoms. The van der Waals surface area contributed by atoms with Crippen LogP contribution in [0, 0.1) is 0 Å². The van der Waals surface area contributed by atoms with Gasteiger partial charge in [-0.25, -0.2) is 19.9 Å². The van der Waals surface area contributed by atoms with Crippen LogP contribution < -0.4 is 0 Å². The van der Waals surface area contributed by atoms with Gasteiger partial charge in [-0.05, 0) is 43.5 Å². The summed E-state index contributed by atoms with van der Waals surface area (Å²) in [5.74, 6) is 0.583. The number of allylic oxidation sites excluding steroid dienone is 1. The lowest BCUT2D eigenvalue weighted by Crippen LogP contribution is -1.88. The van der Waals surface area contributed by atoms with Crippen molar-refractivity contribution in [1.82, 2.24) is 30.1 Å². The highest BCUT2D eigenvalue weighted by atomic mass is 16.3. The van der Waals surface area contributed by atoms with E-state index in [1.54, 1.807) is 24.9 Å². The second-order valence-electron chi connectivity index (χ2n) is 6.58. The number of nitrogens with one attached hydrogen (secondary N) is 2. The van der Waals surface area contributed by atoms with Crippen molar-refractivity contribution < 1.29 is 4.42 Å². The Labute approximate surface area is 170 Å². The van der Waals surface area contributed by atoms with Crippen LogP contribution >= 0.6 is 0 Å². The Balaban J connectivity index is 1.63. The molecule has 9 heteroatoms. The lowest BCUT2D eigenvalue weighted by atomic mass is 10.1. The van der Waals surface area contributed by atoms with Crippen molar-refractivity contribution in [1.29, 1.82) is 0 Å². The third-order valence-electron chi connectivity index (χ3n) is 4.68. The molecule has 0 saturated heterocycles. The second-order valence-corrected chi connectivity index (χ2v) is 6.58. The zero-order valence-electron chi connectivity index (χ0n) is 16.0. The van der Waals surface area contributed by atoms with Crippen molar-refractivity contribution in [3.8, 4) is 22.6 Å². The van der Waals surface area contributed by atoms with Gasteiger partial charge < -0.3 is 9.40 Å². The summed E-state index contributed by atoms with van der Waals surface area (Å²) in [4.78, 5) is 24.8. The summed E-state index contributed by atoms with van der Waals surface area (Å²) in [7, 11) is 0. The van der Waals surface area contributed by atoms with E-state index in [1.165, 1.54) is 6.34 Å². The molecule has 0 spiro atoms. The minimum Gasteiger partial charge on any atom is -0.472 e. The number of imidazole rings is 1. The molecule has 0 aliphatic carbocycles. The summed E-state index contributed by atoms with van der Waals surface area (Å²) in [6, 6.07) is 7.65. The Bertz CT molecular complexity index is 1420. The highest BCUT2D eigenvalue weighted by Gasteiger charge is 2.17. The van der Waals surface area contributed by atoms with Gasteiger partial charge in [-0.2, -0.15) is 5.10 Å². The van der Waals surface area contributed by atoms with Crippen LogP contribution in [0.4, 0.5) is 0 Å². The molecule has 0 aliphatic heterocycles. The van der Waals surface area contributed by atoms with E-state index in [-0.39, 0.29) is 0 Å². The first-order valence-electron chi connectivity index (χ1n) is 9.12. The van der Waals surface area contributed by atoms with Crippen molar-refractivity contribution in [2.24, 2.45) is 9.98 Å². The lowest BCUT2D eigenvalue weighted by Gasteiger charge is -2.00. The molecule has 9 nitrogen and oxygen atoms in total. The summed E-state index contributed by atoms with van der Waals surface area (Å²) >= 11 is 0. The van der Waals surface area contributed by atoms with Gasteiger partial charge in [0.15, 0.2) is 17.2 Å². The second kappa shape index (κ2) is 7.21. The number of aromatic amines is 2. The molecule has 0 fully saturated rings. The predicted molar refractivity (Wildman–Crippen MR) is 116 cm³/mol. The lowest BCUT2D eigenvalue weighted by molar-refractivity contribution is 0.568. The van der Waals surface area contributed by atoms with E-state index in [0.717, 1.165) is 33.4 Å². The molecule has 5 aromatic rings. The van der Waals surface area contributed by atoms with Gasteiger partial charge in [0.05, 0.1) is 29.3 Å². The smallest absolute Gasteiger partial charge is 0.178 e. The summed E-state index contributed by atoms with van der Waals surface area (Å²) in [5, 5.41) is 7.44. The van der Waals surface area contributed by atoms with Gasteiger partial charge in [0.25, 0.3) is 0 Å².